The lowest BCUT2D eigenvalue weighted by atomic mass is 10.1. The second-order valence-corrected chi connectivity index (χ2v) is 5.74. The summed E-state index contributed by atoms with van der Waals surface area (Å²) in [6.07, 6.45) is 3.08. The molecule has 1 saturated heterocycles. The lowest BCUT2D eigenvalue weighted by molar-refractivity contribution is -0.118. The Hall–Kier alpha value is -1.92. The van der Waals surface area contributed by atoms with Crippen molar-refractivity contribution in [2.45, 2.75) is 31.8 Å². The minimum absolute atomic E-state index is 0.0253. The summed E-state index contributed by atoms with van der Waals surface area (Å²) in [5.41, 5.74) is 6.61. The van der Waals surface area contributed by atoms with Crippen molar-refractivity contribution in [3.05, 3.63) is 29.8 Å². The molecule has 3 N–H and O–H groups in total. The Balaban J connectivity index is 2.07. The lowest BCUT2D eigenvalue weighted by Gasteiger charge is -2.27. The van der Waals surface area contributed by atoms with Crippen LogP contribution in [0.5, 0.6) is 0 Å². The van der Waals surface area contributed by atoms with E-state index < -0.39 is 0 Å². The van der Waals surface area contributed by atoms with Crippen LogP contribution in [0.15, 0.2) is 24.3 Å². The van der Waals surface area contributed by atoms with Gasteiger partial charge in [0.25, 0.3) is 5.91 Å². The molecule has 23 heavy (non-hydrogen) atoms. The molecule has 126 valence electrons. The van der Waals surface area contributed by atoms with Crippen LogP contribution in [-0.2, 0) is 9.53 Å². The predicted octanol–water partition coefficient (Wildman–Crippen LogP) is 1.61. The third-order valence-electron chi connectivity index (χ3n) is 4.08. The second-order valence-electron chi connectivity index (χ2n) is 5.74. The number of methoxy groups -OCH3 is 1. The number of amides is 2. The van der Waals surface area contributed by atoms with Gasteiger partial charge in [0, 0.05) is 26.7 Å². The molecule has 2 rings (SSSR count). The van der Waals surface area contributed by atoms with Gasteiger partial charge in [-0.2, -0.15) is 0 Å². The minimum atomic E-state index is -0.319. The molecule has 6 nitrogen and oxygen atoms in total. The number of nitrogens with two attached hydrogens (primary N) is 1. The number of likely N-dealkylation sites (tertiary alicyclic amines) is 1. The Morgan fingerprint density at radius 1 is 1.26 bits per heavy atom. The summed E-state index contributed by atoms with van der Waals surface area (Å²) in [4.78, 5) is 26.6. The molecular formula is C17H25N3O3. The first-order valence-corrected chi connectivity index (χ1v) is 8.06. The number of hydrogen-bond acceptors (Lipinski definition) is 4. The van der Waals surface area contributed by atoms with E-state index in [0.29, 0.717) is 11.3 Å². The summed E-state index contributed by atoms with van der Waals surface area (Å²) in [5, 5.41) is 2.81. The van der Waals surface area contributed by atoms with Crippen molar-refractivity contribution in [2.75, 3.05) is 32.1 Å². The van der Waals surface area contributed by atoms with Gasteiger partial charge in [0.2, 0.25) is 5.91 Å². The fourth-order valence-electron chi connectivity index (χ4n) is 2.72. The highest BCUT2D eigenvalue weighted by atomic mass is 16.5. The van der Waals surface area contributed by atoms with E-state index in [-0.39, 0.29) is 30.9 Å². The van der Waals surface area contributed by atoms with E-state index in [4.69, 9.17) is 10.5 Å². The van der Waals surface area contributed by atoms with Gasteiger partial charge in [-0.1, -0.05) is 12.1 Å². The topological polar surface area (TPSA) is 84.7 Å². The smallest absolute Gasteiger partial charge is 0.255 e. The number of anilines is 1. The van der Waals surface area contributed by atoms with Gasteiger partial charge in [0.05, 0.1) is 23.8 Å². The van der Waals surface area contributed by atoms with Gasteiger partial charge in [0.1, 0.15) is 0 Å². The van der Waals surface area contributed by atoms with Crippen molar-refractivity contribution in [1.29, 1.82) is 0 Å². The van der Waals surface area contributed by atoms with Crippen LogP contribution in [0.4, 0.5) is 5.69 Å². The normalized spacial score (nSPS) is 16.0. The zero-order valence-corrected chi connectivity index (χ0v) is 13.6. The zero-order valence-electron chi connectivity index (χ0n) is 13.6. The van der Waals surface area contributed by atoms with Crippen molar-refractivity contribution in [1.82, 2.24) is 4.90 Å². The van der Waals surface area contributed by atoms with Crippen LogP contribution >= 0.6 is 0 Å². The van der Waals surface area contributed by atoms with Crippen LogP contribution in [0.3, 0.4) is 0 Å². The number of carbonyl (C=O) groups excluding carboxylic acids is 2. The molecule has 1 fully saturated rings. The molecule has 0 radical (unpaired) electrons. The van der Waals surface area contributed by atoms with E-state index in [1.165, 1.54) is 13.5 Å². The summed E-state index contributed by atoms with van der Waals surface area (Å²) >= 11 is 0. The number of benzene rings is 1. The van der Waals surface area contributed by atoms with Crippen LogP contribution in [0.25, 0.3) is 0 Å². The van der Waals surface area contributed by atoms with Crippen molar-refractivity contribution in [2.24, 2.45) is 5.73 Å². The van der Waals surface area contributed by atoms with Gasteiger partial charge in [-0.15, -0.1) is 0 Å². The first-order chi connectivity index (χ1) is 11.2. The molecule has 6 heteroatoms. The Morgan fingerprint density at radius 2 is 1.96 bits per heavy atom. The maximum absolute atomic E-state index is 12.7. The monoisotopic (exact) mass is 319 g/mol. The fraction of sp³-hybridized carbons (Fsp3) is 0.529. The maximum Gasteiger partial charge on any atom is 0.255 e. The van der Waals surface area contributed by atoms with E-state index in [2.05, 4.69) is 5.32 Å². The average molecular weight is 319 g/mol. The van der Waals surface area contributed by atoms with Crippen molar-refractivity contribution < 1.29 is 14.3 Å². The Kier molecular flexibility index (Phi) is 6.55. The number of nitrogens with one attached hydrogen (secondary N) is 1. The summed E-state index contributed by atoms with van der Waals surface area (Å²) < 4.78 is 5.12. The molecule has 1 aromatic rings. The third kappa shape index (κ3) is 4.77. The Bertz CT molecular complexity index is 538. The number of rotatable bonds is 6. The van der Waals surface area contributed by atoms with Crippen LogP contribution in [-0.4, -0.2) is 49.6 Å². The molecule has 0 spiro atoms. The summed E-state index contributed by atoms with van der Waals surface area (Å²) in [6, 6.07) is 7.12. The highest BCUT2D eigenvalue weighted by molar-refractivity contribution is 6.03. The molecule has 1 aliphatic heterocycles. The van der Waals surface area contributed by atoms with Gasteiger partial charge in [-0.3, -0.25) is 9.59 Å². The van der Waals surface area contributed by atoms with Gasteiger partial charge >= 0.3 is 0 Å². The number of ether oxygens (including phenoxy) is 1. The number of nitrogens with zero attached hydrogens (tertiary/aromatic N) is 1. The van der Waals surface area contributed by atoms with E-state index in [0.717, 1.165) is 25.9 Å². The summed E-state index contributed by atoms with van der Waals surface area (Å²) in [6.45, 7) is 1.83. The summed E-state index contributed by atoms with van der Waals surface area (Å²) in [7, 11) is 1.53. The van der Waals surface area contributed by atoms with E-state index in [1.807, 2.05) is 11.0 Å². The fourth-order valence-corrected chi connectivity index (χ4v) is 2.72. The van der Waals surface area contributed by atoms with Crippen LogP contribution in [0, 0.1) is 0 Å². The highest BCUT2D eigenvalue weighted by Crippen LogP contribution is 2.20. The van der Waals surface area contributed by atoms with Gasteiger partial charge in [0.15, 0.2) is 0 Å². The molecule has 1 heterocycles. The number of para-hydroxylation sites is 1. The molecule has 2 amide bonds. The standard InChI is InChI=1S/C17H25N3O3/c1-23-13(12-18)11-16(21)19-15-8-4-3-7-14(15)17(22)20-9-5-2-6-10-20/h3-4,7-8,13H,2,5-6,9-12,18H2,1H3,(H,19,21). The van der Waals surface area contributed by atoms with E-state index in [9.17, 15) is 9.59 Å². The molecular weight excluding hydrogens is 294 g/mol. The van der Waals surface area contributed by atoms with E-state index in [1.54, 1.807) is 18.2 Å². The molecule has 1 aliphatic rings. The third-order valence-corrected chi connectivity index (χ3v) is 4.08. The number of carbonyl (C=O) groups is 2. The van der Waals surface area contributed by atoms with Crippen molar-refractivity contribution in [3.8, 4) is 0 Å². The molecule has 0 bridgehead atoms. The molecule has 1 atom stereocenters. The molecule has 0 aromatic heterocycles. The minimum Gasteiger partial charge on any atom is -0.380 e. The largest absolute Gasteiger partial charge is 0.380 e. The molecule has 1 unspecified atom stereocenters. The quantitative estimate of drug-likeness (QED) is 0.834. The summed E-state index contributed by atoms with van der Waals surface area (Å²) in [5.74, 6) is -0.232. The van der Waals surface area contributed by atoms with Crippen LogP contribution in [0.1, 0.15) is 36.0 Å². The molecule has 1 aromatic carbocycles. The molecule has 0 saturated carbocycles. The first kappa shape index (κ1) is 17.4. The van der Waals surface area contributed by atoms with Gasteiger partial charge < -0.3 is 20.7 Å². The SMILES string of the molecule is COC(CN)CC(=O)Nc1ccccc1C(=O)N1CCCCC1. The van der Waals surface area contributed by atoms with Crippen LogP contribution < -0.4 is 11.1 Å². The number of hydrogen-bond donors (Lipinski definition) is 2. The maximum atomic E-state index is 12.7. The van der Waals surface area contributed by atoms with Crippen molar-refractivity contribution in [3.63, 3.8) is 0 Å². The van der Waals surface area contributed by atoms with Crippen LogP contribution in [0.2, 0.25) is 0 Å². The Labute approximate surface area is 137 Å². The number of piperidine rings is 1. The first-order valence-electron chi connectivity index (χ1n) is 8.06. The Morgan fingerprint density at radius 3 is 2.61 bits per heavy atom. The lowest BCUT2D eigenvalue weighted by Crippen LogP contribution is -2.36. The van der Waals surface area contributed by atoms with E-state index >= 15 is 0 Å². The second kappa shape index (κ2) is 8.64. The molecule has 0 aliphatic carbocycles. The average Bonchev–Trinajstić information content (AvgIpc) is 2.60. The highest BCUT2D eigenvalue weighted by Gasteiger charge is 2.21. The van der Waals surface area contributed by atoms with Crippen molar-refractivity contribution >= 4 is 17.5 Å². The van der Waals surface area contributed by atoms with Gasteiger partial charge in [-0.05, 0) is 31.4 Å². The zero-order chi connectivity index (χ0) is 16.7. The van der Waals surface area contributed by atoms with Gasteiger partial charge in [-0.25, -0.2) is 0 Å². The predicted molar refractivity (Wildman–Crippen MR) is 89.3 cm³/mol.